The Morgan fingerprint density at radius 2 is 1.75 bits per heavy atom. The van der Waals surface area contributed by atoms with Crippen LogP contribution < -0.4 is 14.2 Å². The maximum Gasteiger partial charge on any atom is 0.314 e. The number of hydrogen-bond donors (Lipinski definition) is 0. The van der Waals surface area contributed by atoms with Gasteiger partial charge in [-0.1, -0.05) is 0 Å². The number of nitrogens with zero attached hydrogens (tertiary/aromatic N) is 1. The van der Waals surface area contributed by atoms with Gasteiger partial charge in [-0.3, -0.25) is 10.1 Å². The molecule has 0 atom stereocenters. The zero-order valence-electron chi connectivity index (χ0n) is 9.35. The highest BCUT2D eigenvalue weighted by Gasteiger charge is 2.20. The number of methoxy groups -OCH3 is 2. The van der Waals surface area contributed by atoms with Gasteiger partial charge in [0.25, 0.3) is 0 Å². The lowest BCUT2D eigenvalue weighted by atomic mass is 10.2. The molecule has 16 heavy (non-hydrogen) atoms. The van der Waals surface area contributed by atoms with Crippen molar-refractivity contribution in [2.45, 2.75) is 6.92 Å². The molecule has 0 amide bonds. The Labute approximate surface area is 92.9 Å². The molecule has 0 aliphatic heterocycles. The van der Waals surface area contributed by atoms with Gasteiger partial charge in [0, 0.05) is 6.07 Å². The average Bonchev–Trinajstić information content (AvgIpc) is 2.28. The van der Waals surface area contributed by atoms with Crippen molar-refractivity contribution in [3.05, 3.63) is 22.2 Å². The van der Waals surface area contributed by atoms with Crippen molar-refractivity contribution >= 4 is 5.69 Å². The average molecular weight is 227 g/mol. The number of rotatable bonds is 5. The molecule has 0 saturated heterocycles. The fraction of sp³-hybridized carbons (Fsp3) is 0.400. The Morgan fingerprint density at radius 3 is 2.19 bits per heavy atom. The molecule has 6 nitrogen and oxygen atoms in total. The third-order valence-corrected chi connectivity index (χ3v) is 1.96. The molecule has 0 saturated carbocycles. The molecule has 0 spiro atoms. The Morgan fingerprint density at radius 1 is 1.19 bits per heavy atom. The molecule has 0 fully saturated rings. The molecule has 0 aliphatic carbocycles. The van der Waals surface area contributed by atoms with Gasteiger partial charge in [-0.2, -0.15) is 0 Å². The molecule has 0 N–H and O–H groups in total. The first-order chi connectivity index (χ1) is 7.63. The van der Waals surface area contributed by atoms with E-state index in [1.54, 1.807) is 6.92 Å². The van der Waals surface area contributed by atoms with Crippen molar-refractivity contribution < 1.29 is 19.1 Å². The molecule has 6 heteroatoms. The van der Waals surface area contributed by atoms with E-state index < -0.39 is 4.92 Å². The quantitative estimate of drug-likeness (QED) is 0.568. The highest BCUT2D eigenvalue weighted by atomic mass is 16.6. The van der Waals surface area contributed by atoms with E-state index in [1.165, 1.54) is 26.4 Å². The second-order valence-electron chi connectivity index (χ2n) is 2.87. The zero-order chi connectivity index (χ0) is 12.1. The molecule has 0 bridgehead atoms. The normalized spacial score (nSPS) is 9.69. The smallest absolute Gasteiger partial charge is 0.314 e. The first-order valence-corrected chi connectivity index (χ1v) is 4.67. The first kappa shape index (κ1) is 12.1. The van der Waals surface area contributed by atoms with Crippen LogP contribution in [-0.4, -0.2) is 25.7 Å². The predicted molar refractivity (Wildman–Crippen MR) is 57.4 cm³/mol. The fourth-order valence-corrected chi connectivity index (χ4v) is 1.26. The van der Waals surface area contributed by atoms with Gasteiger partial charge in [-0.25, -0.2) is 0 Å². The van der Waals surface area contributed by atoms with Crippen molar-refractivity contribution in [1.29, 1.82) is 0 Å². The fourth-order valence-electron chi connectivity index (χ4n) is 1.26. The van der Waals surface area contributed by atoms with Crippen molar-refractivity contribution in [1.82, 2.24) is 0 Å². The minimum Gasteiger partial charge on any atom is -0.493 e. The third kappa shape index (κ3) is 2.33. The van der Waals surface area contributed by atoms with Crippen molar-refractivity contribution in [2.24, 2.45) is 0 Å². The summed E-state index contributed by atoms with van der Waals surface area (Å²) >= 11 is 0. The van der Waals surface area contributed by atoms with Crippen LogP contribution in [0.1, 0.15) is 6.92 Å². The summed E-state index contributed by atoms with van der Waals surface area (Å²) in [5.41, 5.74) is -0.139. The molecule has 0 unspecified atom stereocenters. The predicted octanol–water partition coefficient (Wildman–Crippen LogP) is 2.01. The van der Waals surface area contributed by atoms with Crippen LogP contribution in [-0.2, 0) is 0 Å². The highest BCUT2D eigenvalue weighted by Crippen LogP contribution is 2.38. The van der Waals surface area contributed by atoms with Crippen molar-refractivity contribution in [2.75, 3.05) is 20.8 Å². The number of benzene rings is 1. The second kappa shape index (κ2) is 5.20. The van der Waals surface area contributed by atoms with Crippen LogP contribution in [0.3, 0.4) is 0 Å². The second-order valence-corrected chi connectivity index (χ2v) is 2.87. The van der Waals surface area contributed by atoms with Gasteiger partial charge in [-0.05, 0) is 6.92 Å². The summed E-state index contributed by atoms with van der Waals surface area (Å²) in [6.07, 6.45) is 0. The van der Waals surface area contributed by atoms with E-state index in [0.29, 0.717) is 18.1 Å². The van der Waals surface area contributed by atoms with Crippen LogP contribution in [0.15, 0.2) is 12.1 Å². The number of hydrogen-bond acceptors (Lipinski definition) is 5. The topological polar surface area (TPSA) is 70.8 Å². The maximum absolute atomic E-state index is 10.8. The minimum atomic E-state index is -0.521. The van der Waals surface area contributed by atoms with E-state index in [1.807, 2.05) is 0 Å². The first-order valence-electron chi connectivity index (χ1n) is 4.67. The van der Waals surface area contributed by atoms with Crippen LogP contribution in [0.2, 0.25) is 0 Å². The van der Waals surface area contributed by atoms with Gasteiger partial charge in [0.2, 0.25) is 5.75 Å². The SMILES string of the molecule is CCOc1cc(OC)c(OC)cc1[N+](=O)[O-]. The summed E-state index contributed by atoms with van der Waals surface area (Å²) in [6, 6.07) is 2.73. The number of nitro groups is 1. The van der Waals surface area contributed by atoms with E-state index >= 15 is 0 Å². The van der Waals surface area contributed by atoms with E-state index in [0.717, 1.165) is 0 Å². The lowest BCUT2D eigenvalue weighted by Gasteiger charge is -2.10. The lowest BCUT2D eigenvalue weighted by molar-refractivity contribution is -0.385. The standard InChI is InChI=1S/C10H13NO5/c1-4-16-8-6-10(15-3)9(14-2)5-7(8)11(12)13/h5-6H,4H2,1-3H3. The van der Waals surface area contributed by atoms with Crippen LogP contribution >= 0.6 is 0 Å². The van der Waals surface area contributed by atoms with E-state index in [9.17, 15) is 10.1 Å². The molecule has 1 rings (SSSR count). The molecule has 1 aromatic rings. The summed E-state index contributed by atoms with van der Waals surface area (Å²) in [5.74, 6) is 0.874. The highest BCUT2D eigenvalue weighted by molar-refractivity contribution is 5.58. The molecule has 0 aliphatic rings. The van der Waals surface area contributed by atoms with Gasteiger partial charge in [-0.15, -0.1) is 0 Å². The maximum atomic E-state index is 10.8. The molecule has 1 aromatic carbocycles. The van der Waals surface area contributed by atoms with Crippen LogP contribution in [0.4, 0.5) is 5.69 Å². The molecule has 0 aromatic heterocycles. The summed E-state index contributed by atoms with van der Waals surface area (Å²) in [6.45, 7) is 2.09. The minimum absolute atomic E-state index is 0.139. The molecular formula is C10H13NO5. The molecule has 88 valence electrons. The summed E-state index contributed by atoms with van der Waals surface area (Å²) in [4.78, 5) is 10.3. The summed E-state index contributed by atoms with van der Waals surface area (Å²) in [7, 11) is 2.88. The molecular weight excluding hydrogens is 214 g/mol. The van der Waals surface area contributed by atoms with Gasteiger partial charge in [0.15, 0.2) is 11.5 Å². The number of ether oxygens (including phenoxy) is 3. The van der Waals surface area contributed by atoms with E-state index in [4.69, 9.17) is 14.2 Å². The van der Waals surface area contributed by atoms with Gasteiger partial charge < -0.3 is 14.2 Å². The zero-order valence-corrected chi connectivity index (χ0v) is 9.35. The Kier molecular flexibility index (Phi) is 3.93. The number of nitro benzene ring substituents is 1. The Balaban J connectivity index is 3.29. The van der Waals surface area contributed by atoms with Crippen molar-refractivity contribution in [3.8, 4) is 17.2 Å². The third-order valence-electron chi connectivity index (χ3n) is 1.96. The summed E-state index contributed by atoms with van der Waals surface area (Å²) < 4.78 is 15.2. The van der Waals surface area contributed by atoms with Gasteiger partial charge in [0.05, 0.1) is 31.8 Å². The molecule has 0 radical (unpaired) electrons. The van der Waals surface area contributed by atoms with Crippen molar-refractivity contribution in [3.63, 3.8) is 0 Å². The Bertz CT molecular complexity index is 391. The van der Waals surface area contributed by atoms with E-state index in [2.05, 4.69) is 0 Å². The van der Waals surface area contributed by atoms with E-state index in [-0.39, 0.29) is 11.4 Å². The van der Waals surface area contributed by atoms with Gasteiger partial charge in [0.1, 0.15) is 0 Å². The van der Waals surface area contributed by atoms with Crippen LogP contribution in [0.5, 0.6) is 17.2 Å². The van der Waals surface area contributed by atoms with Crippen LogP contribution in [0, 0.1) is 10.1 Å². The lowest BCUT2D eigenvalue weighted by Crippen LogP contribution is -2.00. The van der Waals surface area contributed by atoms with Crippen LogP contribution in [0.25, 0.3) is 0 Å². The Hall–Kier alpha value is -1.98. The monoisotopic (exact) mass is 227 g/mol. The largest absolute Gasteiger partial charge is 0.493 e. The molecule has 0 heterocycles. The summed E-state index contributed by atoms with van der Waals surface area (Å²) in [5, 5.41) is 10.8. The van der Waals surface area contributed by atoms with Gasteiger partial charge >= 0.3 is 5.69 Å².